The molecule has 0 aromatic rings. The van der Waals surface area contributed by atoms with Crippen LogP contribution in [0, 0.1) is 0 Å². The van der Waals surface area contributed by atoms with Crippen molar-refractivity contribution in [2.24, 2.45) is 0 Å². The number of hydrogen-bond donors (Lipinski definition) is 1. The average Bonchev–Trinajstić information content (AvgIpc) is 2.37. The molecule has 1 heterocycles. The van der Waals surface area contributed by atoms with E-state index in [9.17, 15) is 13.2 Å². The molecule has 0 aromatic carbocycles. The van der Waals surface area contributed by atoms with Gasteiger partial charge < -0.3 is 9.84 Å². The van der Waals surface area contributed by atoms with Crippen molar-refractivity contribution in [1.29, 1.82) is 0 Å². The number of sulfonamides is 1. The van der Waals surface area contributed by atoms with Gasteiger partial charge in [-0.25, -0.2) is 8.42 Å². The molecule has 1 aliphatic heterocycles. The van der Waals surface area contributed by atoms with E-state index in [0.29, 0.717) is 19.6 Å². The van der Waals surface area contributed by atoms with Gasteiger partial charge in [-0.15, -0.1) is 0 Å². The Morgan fingerprint density at radius 3 is 2.79 bits per heavy atom. The third-order valence-corrected chi connectivity index (χ3v) is 5.19. The van der Waals surface area contributed by atoms with Crippen LogP contribution in [0.4, 0.5) is 0 Å². The molecule has 0 aliphatic carbocycles. The number of nitrogens with zero attached hydrogens (tertiary/aromatic N) is 1. The topological polar surface area (TPSA) is 83.9 Å². The van der Waals surface area contributed by atoms with Crippen LogP contribution >= 0.6 is 0 Å². The summed E-state index contributed by atoms with van der Waals surface area (Å²) in [7, 11) is -3.34. The summed E-state index contributed by atoms with van der Waals surface area (Å²) in [4.78, 5) is 10.6. The van der Waals surface area contributed by atoms with Gasteiger partial charge in [0, 0.05) is 25.6 Å². The second kappa shape index (κ2) is 7.81. The summed E-state index contributed by atoms with van der Waals surface area (Å²) in [5.74, 6) is -0.901. The fourth-order valence-corrected chi connectivity index (χ4v) is 3.98. The maximum absolute atomic E-state index is 12.2. The van der Waals surface area contributed by atoms with E-state index in [1.165, 1.54) is 4.31 Å². The van der Waals surface area contributed by atoms with Crippen LogP contribution in [-0.2, 0) is 19.6 Å². The summed E-state index contributed by atoms with van der Waals surface area (Å²) in [6.45, 7) is 3.01. The average molecular weight is 293 g/mol. The number of aliphatic carboxylic acids is 1. The molecule has 0 aromatic heterocycles. The molecular weight excluding hydrogens is 270 g/mol. The number of carboxylic acids is 1. The van der Waals surface area contributed by atoms with Crippen molar-refractivity contribution < 1.29 is 23.1 Å². The molecule has 1 unspecified atom stereocenters. The highest BCUT2D eigenvalue weighted by Crippen LogP contribution is 2.24. The maximum atomic E-state index is 12.2. The Morgan fingerprint density at radius 2 is 2.16 bits per heavy atom. The number of hydrogen-bond acceptors (Lipinski definition) is 4. The number of ether oxygens (including phenoxy) is 1. The summed E-state index contributed by atoms with van der Waals surface area (Å²) >= 11 is 0. The van der Waals surface area contributed by atoms with Gasteiger partial charge in [0.15, 0.2) is 0 Å². The van der Waals surface area contributed by atoms with E-state index in [1.54, 1.807) is 0 Å². The number of carbonyl (C=O) groups is 1. The van der Waals surface area contributed by atoms with Crippen LogP contribution in [0.1, 0.15) is 39.0 Å². The van der Waals surface area contributed by atoms with E-state index in [1.807, 2.05) is 6.92 Å². The van der Waals surface area contributed by atoms with Gasteiger partial charge in [0.05, 0.1) is 12.4 Å². The Morgan fingerprint density at radius 1 is 1.42 bits per heavy atom. The molecule has 0 bridgehead atoms. The van der Waals surface area contributed by atoms with Crippen molar-refractivity contribution in [1.82, 2.24) is 4.31 Å². The molecule has 1 aliphatic rings. The minimum absolute atomic E-state index is 0.0160. The lowest BCUT2D eigenvalue weighted by Gasteiger charge is -2.34. The quantitative estimate of drug-likeness (QED) is 0.677. The van der Waals surface area contributed by atoms with E-state index in [0.717, 1.165) is 19.3 Å². The smallest absolute Gasteiger partial charge is 0.303 e. The van der Waals surface area contributed by atoms with Gasteiger partial charge in [-0.05, 0) is 26.2 Å². The second-order valence-corrected chi connectivity index (χ2v) is 6.75. The lowest BCUT2D eigenvalue weighted by Crippen LogP contribution is -2.45. The first-order valence-electron chi connectivity index (χ1n) is 6.76. The van der Waals surface area contributed by atoms with Gasteiger partial charge in [0.1, 0.15) is 0 Å². The van der Waals surface area contributed by atoms with Crippen molar-refractivity contribution in [2.45, 2.75) is 45.1 Å². The maximum Gasteiger partial charge on any atom is 0.303 e. The van der Waals surface area contributed by atoms with E-state index >= 15 is 0 Å². The third-order valence-electron chi connectivity index (χ3n) is 3.31. The van der Waals surface area contributed by atoms with E-state index in [2.05, 4.69) is 0 Å². The summed E-state index contributed by atoms with van der Waals surface area (Å²) in [5, 5.41) is 8.72. The van der Waals surface area contributed by atoms with Gasteiger partial charge in [0.25, 0.3) is 0 Å². The fraction of sp³-hybridized carbons (Fsp3) is 0.917. The fourth-order valence-electron chi connectivity index (χ4n) is 2.34. The lowest BCUT2D eigenvalue weighted by molar-refractivity contribution is -0.137. The van der Waals surface area contributed by atoms with Crippen molar-refractivity contribution >= 4 is 16.0 Å². The van der Waals surface area contributed by atoms with Crippen molar-refractivity contribution in [3.63, 3.8) is 0 Å². The molecule has 1 atom stereocenters. The van der Waals surface area contributed by atoms with Gasteiger partial charge in [-0.2, -0.15) is 4.31 Å². The molecular formula is C12H23NO5S. The zero-order valence-corrected chi connectivity index (χ0v) is 12.2. The minimum Gasteiger partial charge on any atom is -0.481 e. The van der Waals surface area contributed by atoms with Crippen LogP contribution in [0.2, 0.25) is 0 Å². The molecule has 0 amide bonds. The Balaban J connectivity index is 2.61. The Hall–Kier alpha value is -0.660. The predicted octanol–water partition coefficient (Wildman–Crippen LogP) is 1.07. The molecule has 1 rings (SSSR count). The summed E-state index contributed by atoms with van der Waals surface area (Å²) in [5.41, 5.74) is 0. The molecule has 1 fully saturated rings. The molecule has 0 spiro atoms. The SMILES string of the molecule is CCOCCS(=O)(=O)N1CCCCC1CCC(=O)O. The number of carboxylic acid groups (broad SMARTS) is 1. The highest BCUT2D eigenvalue weighted by molar-refractivity contribution is 7.89. The second-order valence-electron chi connectivity index (χ2n) is 4.71. The molecule has 112 valence electrons. The normalized spacial score (nSPS) is 21.4. The summed E-state index contributed by atoms with van der Waals surface area (Å²) < 4.78 is 31.0. The Kier molecular flexibility index (Phi) is 6.74. The number of rotatable bonds is 8. The van der Waals surface area contributed by atoms with Gasteiger partial charge >= 0.3 is 5.97 Å². The van der Waals surface area contributed by atoms with E-state index < -0.39 is 16.0 Å². The zero-order valence-electron chi connectivity index (χ0n) is 11.4. The van der Waals surface area contributed by atoms with Crippen LogP contribution < -0.4 is 0 Å². The van der Waals surface area contributed by atoms with Crippen LogP contribution in [0.5, 0.6) is 0 Å². The van der Waals surface area contributed by atoms with Gasteiger partial charge in [-0.3, -0.25) is 4.79 Å². The zero-order chi connectivity index (χ0) is 14.3. The largest absolute Gasteiger partial charge is 0.481 e. The molecule has 1 saturated heterocycles. The van der Waals surface area contributed by atoms with E-state index in [4.69, 9.17) is 9.84 Å². The molecule has 0 radical (unpaired) electrons. The Labute approximate surface area is 114 Å². The molecule has 0 saturated carbocycles. The van der Waals surface area contributed by atoms with Crippen molar-refractivity contribution in [3.05, 3.63) is 0 Å². The van der Waals surface area contributed by atoms with Gasteiger partial charge in [-0.1, -0.05) is 6.42 Å². The minimum atomic E-state index is -3.34. The van der Waals surface area contributed by atoms with Crippen LogP contribution in [0.3, 0.4) is 0 Å². The summed E-state index contributed by atoms with van der Waals surface area (Å²) in [6.07, 6.45) is 2.96. The molecule has 7 heteroatoms. The highest BCUT2D eigenvalue weighted by Gasteiger charge is 2.31. The molecule has 19 heavy (non-hydrogen) atoms. The lowest BCUT2D eigenvalue weighted by atomic mass is 10.0. The first-order chi connectivity index (χ1) is 8.97. The van der Waals surface area contributed by atoms with Crippen molar-refractivity contribution in [2.75, 3.05) is 25.5 Å². The van der Waals surface area contributed by atoms with Crippen LogP contribution in [-0.4, -0.2) is 55.4 Å². The first kappa shape index (κ1) is 16.4. The molecule has 6 nitrogen and oxygen atoms in total. The first-order valence-corrected chi connectivity index (χ1v) is 8.37. The van der Waals surface area contributed by atoms with Crippen LogP contribution in [0.25, 0.3) is 0 Å². The highest BCUT2D eigenvalue weighted by atomic mass is 32.2. The van der Waals surface area contributed by atoms with Crippen molar-refractivity contribution in [3.8, 4) is 0 Å². The predicted molar refractivity (Wildman–Crippen MR) is 71.5 cm³/mol. The standard InChI is InChI=1S/C12H23NO5S/c1-2-18-9-10-19(16,17)13-8-4-3-5-11(13)6-7-12(14)15/h11H,2-10H2,1H3,(H,14,15). The summed E-state index contributed by atoms with van der Waals surface area (Å²) in [6, 6.07) is -0.170. The van der Waals surface area contributed by atoms with Crippen LogP contribution in [0.15, 0.2) is 0 Å². The number of piperidine rings is 1. The van der Waals surface area contributed by atoms with E-state index in [-0.39, 0.29) is 24.8 Å². The molecule has 1 N–H and O–H groups in total. The van der Waals surface area contributed by atoms with Gasteiger partial charge in [0.2, 0.25) is 10.0 Å². The monoisotopic (exact) mass is 293 g/mol. The third kappa shape index (κ3) is 5.46. The Bertz CT molecular complexity index is 382.